The first-order chi connectivity index (χ1) is 14.4. The van der Waals surface area contributed by atoms with Crippen LogP contribution in [0.15, 0.2) is 36.7 Å². The van der Waals surface area contributed by atoms with Gasteiger partial charge in [-0.2, -0.15) is 10.2 Å². The van der Waals surface area contributed by atoms with Crippen molar-refractivity contribution in [2.45, 2.75) is 25.9 Å². The third-order valence-corrected chi connectivity index (χ3v) is 5.08. The summed E-state index contributed by atoms with van der Waals surface area (Å²) in [6.07, 6.45) is 1.80. The largest absolute Gasteiger partial charge is 0.393 e. The van der Waals surface area contributed by atoms with Crippen molar-refractivity contribution >= 4 is 34.8 Å². The minimum absolute atomic E-state index is 0.189. The van der Waals surface area contributed by atoms with Crippen LogP contribution >= 0.6 is 11.6 Å². The molecule has 4 rings (SSSR count). The number of nitrogens with one attached hydrogen (secondary N) is 2. The van der Waals surface area contributed by atoms with Crippen LogP contribution in [0.2, 0.25) is 5.02 Å². The second-order valence-electron chi connectivity index (χ2n) is 7.08. The van der Waals surface area contributed by atoms with Gasteiger partial charge in [0.2, 0.25) is 5.91 Å². The number of carbonyl (C=O) groups is 1. The van der Waals surface area contributed by atoms with Gasteiger partial charge in [-0.15, -0.1) is 0 Å². The van der Waals surface area contributed by atoms with Crippen LogP contribution in [0.3, 0.4) is 0 Å². The van der Waals surface area contributed by atoms with Crippen LogP contribution in [-0.4, -0.2) is 37.3 Å². The Kier molecular flexibility index (Phi) is 5.56. The van der Waals surface area contributed by atoms with Crippen molar-refractivity contribution in [3.05, 3.63) is 53.2 Å². The lowest BCUT2D eigenvalue weighted by atomic mass is 9.82. The van der Waals surface area contributed by atoms with Gasteiger partial charge in [-0.1, -0.05) is 11.6 Å². The molecule has 1 fully saturated rings. The number of aliphatic hydroxyl groups is 1. The van der Waals surface area contributed by atoms with Crippen molar-refractivity contribution in [1.29, 1.82) is 0 Å². The monoisotopic (exact) mass is 428 g/mol. The number of hydrogen-bond donors (Lipinski definition) is 3. The van der Waals surface area contributed by atoms with Crippen LogP contribution < -0.4 is 10.6 Å². The molecule has 1 aliphatic rings. The number of nitrogens with zero attached hydrogens (tertiary/aromatic N) is 4. The van der Waals surface area contributed by atoms with Crippen molar-refractivity contribution in [2.75, 3.05) is 10.6 Å². The quantitative estimate of drug-likeness (QED) is 0.570. The number of aromatic nitrogens is 4. The Hall–Kier alpha value is -3.17. The molecular formula is C20H18ClFN6O2. The van der Waals surface area contributed by atoms with Gasteiger partial charge in [0.1, 0.15) is 23.8 Å². The number of rotatable bonds is 5. The molecule has 2 aromatic heterocycles. The minimum Gasteiger partial charge on any atom is -0.393 e. The Morgan fingerprint density at radius 3 is 2.70 bits per heavy atom. The molecule has 8 nitrogen and oxygen atoms in total. The van der Waals surface area contributed by atoms with Gasteiger partial charge >= 0.3 is 0 Å². The highest BCUT2D eigenvalue weighted by Gasteiger charge is 2.33. The van der Waals surface area contributed by atoms with E-state index in [0.29, 0.717) is 46.6 Å². The number of benzene rings is 1. The first-order valence-corrected chi connectivity index (χ1v) is 9.64. The van der Waals surface area contributed by atoms with E-state index in [0.717, 1.165) is 0 Å². The van der Waals surface area contributed by atoms with E-state index in [-0.39, 0.29) is 17.4 Å². The Labute approximate surface area is 176 Å². The summed E-state index contributed by atoms with van der Waals surface area (Å²) >= 11 is 5.98. The molecule has 2 heterocycles. The first-order valence-electron chi connectivity index (χ1n) is 9.27. The Bertz CT molecular complexity index is 1110. The molecule has 0 bridgehead atoms. The summed E-state index contributed by atoms with van der Waals surface area (Å²) in [5.74, 6) is -0.113. The van der Waals surface area contributed by atoms with E-state index in [9.17, 15) is 14.3 Å². The molecule has 1 saturated carbocycles. The van der Waals surface area contributed by atoms with Gasteiger partial charge in [0.05, 0.1) is 23.2 Å². The van der Waals surface area contributed by atoms with E-state index in [4.69, 9.17) is 11.6 Å². The second-order valence-corrected chi connectivity index (χ2v) is 7.51. The molecule has 3 aromatic rings. The highest BCUT2D eigenvalue weighted by Crippen LogP contribution is 2.29. The molecule has 0 atom stereocenters. The van der Waals surface area contributed by atoms with E-state index in [1.807, 2.05) is 0 Å². The van der Waals surface area contributed by atoms with Crippen LogP contribution in [0.5, 0.6) is 0 Å². The molecule has 1 amide bonds. The number of amides is 1. The van der Waals surface area contributed by atoms with Crippen molar-refractivity contribution in [3.63, 3.8) is 0 Å². The predicted molar refractivity (Wildman–Crippen MR) is 110 cm³/mol. The molecule has 0 radical (unpaired) electrons. The van der Waals surface area contributed by atoms with E-state index in [2.05, 4.69) is 30.8 Å². The van der Waals surface area contributed by atoms with Crippen LogP contribution in [-0.2, 0) is 4.79 Å². The topological polar surface area (TPSA) is 113 Å². The van der Waals surface area contributed by atoms with Gasteiger partial charge in [0.15, 0.2) is 0 Å². The molecule has 1 aliphatic carbocycles. The molecule has 3 N–H and O–H groups in total. The molecular weight excluding hydrogens is 411 g/mol. The first kappa shape index (κ1) is 20.1. The number of hydrogen-bond acceptors (Lipinski definition) is 7. The minimum atomic E-state index is -0.461. The van der Waals surface area contributed by atoms with E-state index >= 15 is 0 Å². The lowest BCUT2D eigenvalue weighted by Gasteiger charge is -2.29. The maximum atomic E-state index is 14.2. The lowest BCUT2D eigenvalue weighted by Crippen LogP contribution is -2.37. The summed E-state index contributed by atoms with van der Waals surface area (Å²) in [6.45, 7) is 1.75. The smallest absolute Gasteiger partial charge is 0.228 e. The molecule has 154 valence electrons. The Morgan fingerprint density at radius 1 is 1.17 bits per heavy atom. The molecule has 0 saturated heterocycles. The maximum Gasteiger partial charge on any atom is 0.228 e. The fourth-order valence-electron chi connectivity index (χ4n) is 3.07. The average Bonchev–Trinajstić information content (AvgIpc) is 2.69. The van der Waals surface area contributed by atoms with E-state index in [1.54, 1.807) is 19.1 Å². The molecule has 0 unspecified atom stereocenters. The molecule has 0 aliphatic heterocycles. The van der Waals surface area contributed by atoms with Crippen LogP contribution in [0, 0.1) is 18.7 Å². The summed E-state index contributed by atoms with van der Waals surface area (Å²) in [4.78, 5) is 20.4. The molecule has 30 heavy (non-hydrogen) atoms. The highest BCUT2D eigenvalue weighted by molar-refractivity contribution is 6.30. The molecule has 1 aromatic carbocycles. The summed E-state index contributed by atoms with van der Waals surface area (Å²) in [5, 5.41) is 23.7. The van der Waals surface area contributed by atoms with Crippen LogP contribution in [0.4, 0.5) is 21.7 Å². The number of aliphatic hydroxyl groups excluding tert-OH is 1. The zero-order valence-corrected chi connectivity index (χ0v) is 16.7. The number of aryl methyl sites for hydroxylation is 1. The van der Waals surface area contributed by atoms with Crippen molar-refractivity contribution in [3.8, 4) is 11.3 Å². The number of carbonyl (C=O) groups excluding carboxylic acids is 1. The summed E-state index contributed by atoms with van der Waals surface area (Å²) in [5.41, 5.74) is 1.69. The fourth-order valence-corrected chi connectivity index (χ4v) is 3.24. The van der Waals surface area contributed by atoms with Gasteiger partial charge in [0.25, 0.3) is 0 Å². The molecule has 0 spiro atoms. The average molecular weight is 429 g/mol. The van der Waals surface area contributed by atoms with Gasteiger partial charge in [-0.05, 0) is 44.0 Å². The van der Waals surface area contributed by atoms with Crippen molar-refractivity contribution in [1.82, 2.24) is 20.2 Å². The van der Waals surface area contributed by atoms with Gasteiger partial charge in [-0.25, -0.2) is 14.4 Å². The van der Waals surface area contributed by atoms with Gasteiger partial charge < -0.3 is 15.7 Å². The SMILES string of the molecule is Cc1nnc(-c2cc(Cl)ccc2F)cc1Nc1cc(NC(=O)C2CC(O)C2)ncn1. The van der Waals surface area contributed by atoms with Gasteiger partial charge in [-0.3, -0.25) is 4.79 Å². The van der Waals surface area contributed by atoms with Crippen LogP contribution in [0.1, 0.15) is 18.5 Å². The van der Waals surface area contributed by atoms with Crippen molar-refractivity contribution in [2.24, 2.45) is 5.92 Å². The number of halogens is 2. The zero-order valence-electron chi connectivity index (χ0n) is 15.9. The summed E-state index contributed by atoms with van der Waals surface area (Å²) in [6, 6.07) is 7.43. The van der Waals surface area contributed by atoms with E-state index < -0.39 is 11.9 Å². The Balaban J connectivity index is 1.54. The fraction of sp³-hybridized carbons (Fsp3) is 0.250. The Morgan fingerprint density at radius 2 is 1.93 bits per heavy atom. The van der Waals surface area contributed by atoms with Crippen molar-refractivity contribution < 1.29 is 14.3 Å². The van der Waals surface area contributed by atoms with E-state index in [1.165, 1.54) is 24.5 Å². The molecule has 10 heteroatoms. The third kappa shape index (κ3) is 4.37. The summed E-state index contributed by atoms with van der Waals surface area (Å²) < 4.78 is 14.2. The number of anilines is 3. The standard InChI is InChI=1S/C20H18ClFN6O2/c1-10-16(7-17(28-27-10)14-6-12(21)2-3-15(14)22)25-18-8-19(24-9-23-18)26-20(30)11-4-13(29)5-11/h2-3,6-9,11,13,29H,4-5H2,1H3,(H2,23,24,25,26,28,30). The maximum absolute atomic E-state index is 14.2. The normalized spacial score (nSPS) is 17.9. The van der Waals surface area contributed by atoms with Gasteiger partial charge in [0, 0.05) is 22.6 Å². The zero-order chi connectivity index (χ0) is 21.3. The highest BCUT2D eigenvalue weighted by atomic mass is 35.5. The third-order valence-electron chi connectivity index (χ3n) is 4.85. The lowest BCUT2D eigenvalue weighted by molar-refractivity contribution is -0.126. The van der Waals surface area contributed by atoms with Crippen LogP contribution in [0.25, 0.3) is 11.3 Å². The second kappa shape index (κ2) is 8.29. The summed E-state index contributed by atoms with van der Waals surface area (Å²) in [7, 11) is 0. The predicted octanol–water partition coefficient (Wildman–Crippen LogP) is 3.49.